The Kier molecular flexibility index (Phi) is 6.86. The summed E-state index contributed by atoms with van der Waals surface area (Å²) in [4.78, 5) is 12.5. The molecule has 1 aliphatic heterocycles. The molecule has 1 heterocycles. The number of piperidine rings is 1. The Morgan fingerprint density at radius 1 is 1.04 bits per heavy atom. The van der Waals surface area contributed by atoms with Crippen LogP contribution in [-0.4, -0.2) is 38.3 Å². The lowest BCUT2D eigenvalue weighted by molar-refractivity contribution is -0.126. The summed E-state index contributed by atoms with van der Waals surface area (Å²) in [7, 11) is -3.35. The molecule has 1 saturated heterocycles. The van der Waals surface area contributed by atoms with Gasteiger partial charge < -0.3 is 5.32 Å². The van der Waals surface area contributed by atoms with Crippen molar-refractivity contribution < 1.29 is 13.2 Å². The number of nitrogens with one attached hydrogen (secondary N) is 1. The van der Waals surface area contributed by atoms with Crippen molar-refractivity contribution in [2.45, 2.75) is 31.4 Å². The van der Waals surface area contributed by atoms with E-state index in [0.29, 0.717) is 32.5 Å². The molecule has 0 unspecified atom stereocenters. The van der Waals surface area contributed by atoms with Crippen molar-refractivity contribution in [2.24, 2.45) is 5.92 Å². The fourth-order valence-corrected chi connectivity index (χ4v) is 5.13. The standard InChI is InChI=1S/C22H28N2O3S/c1-18(20-10-6-3-7-11-20)16-23-22(25)21-12-14-24(15-13-21)28(26,27)17-19-8-4-2-5-9-19/h2-11,18,21H,12-17H2,1H3,(H,23,25)/t18-/m1/s1. The Morgan fingerprint density at radius 2 is 1.61 bits per heavy atom. The van der Waals surface area contributed by atoms with E-state index in [1.165, 1.54) is 9.87 Å². The average molecular weight is 401 g/mol. The molecule has 3 rings (SSSR count). The second-order valence-electron chi connectivity index (χ2n) is 7.47. The smallest absolute Gasteiger partial charge is 0.223 e. The number of hydrogen-bond donors (Lipinski definition) is 1. The highest BCUT2D eigenvalue weighted by atomic mass is 32.2. The molecule has 0 aliphatic carbocycles. The molecule has 1 fully saturated rings. The Hall–Kier alpha value is -2.18. The zero-order chi connectivity index (χ0) is 20.0. The lowest BCUT2D eigenvalue weighted by Crippen LogP contribution is -2.43. The Balaban J connectivity index is 1.47. The van der Waals surface area contributed by atoms with Crippen LogP contribution in [-0.2, 0) is 20.6 Å². The van der Waals surface area contributed by atoms with Crippen LogP contribution >= 0.6 is 0 Å². The van der Waals surface area contributed by atoms with Crippen molar-refractivity contribution in [1.29, 1.82) is 0 Å². The predicted octanol–water partition coefficient (Wildman–Crippen LogP) is 3.15. The monoisotopic (exact) mass is 400 g/mol. The number of rotatable bonds is 7. The van der Waals surface area contributed by atoms with Crippen molar-refractivity contribution >= 4 is 15.9 Å². The molecule has 0 aromatic heterocycles. The molecule has 2 aromatic carbocycles. The number of carbonyl (C=O) groups excluding carboxylic acids is 1. The number of nitrogens with zero attached hydrogens (tertiary/aromatic N) is 1. The third kappa shape index (κ3) is 5.42. The average Bonchev–Trinajstić information content (AvgIpc) is 2.73. The van der Waals surface area contributed by atoms with Gasteiger partial charge in [-0.2, -0.15) is 0 Å². The SMILES string of the molecule is C[C@H](CNC(=O)C1CCN(S(=O)(=O)Cc2ccccc2)CC1)c1ccccc1. The molecule has 1 N–H and O–H groups in total. The summed E-state index contributed by atoms with van der Waals surface area (Å²) in [5, 5.41) is 3.04. The van der Waals surface area contributed by atoms with Gasteiger partial charge in [-0.15, -0.1) is 0 Å². The van der Waals surface area contributed by atoms with Crippen molar-refractivity contribution in [1.82, 2.24) is 9.62 Å². The minimum absolute atomic E-state index is 0.0132. The summed E-state index contributed by atoms with van der Waals surface area (Å²) in [6.07, 6.45) is 1.14. The molecule has 0 bridgehead atoms. The molecule has 0 spiro atoms. The van der Waals surface area contributed by atoms with Gasteiger partial charge in [0.15, 0.2) is 0 Å². The number of amides is 1. The molecular formula is C22H28N2O3S. The first-order valence-electron chi connectivity index (χ1n) is 9.80. The fraction of sp³-hybridized carbons (Fsp3) is 0.409. The maximum Gasteiger partial charge on any atom is 0.223 e. The van der Waals surface area contributed by atoms with E-state index in [9.17, 15) is 13.2 Å². The van der Waals surface area contributed by atoms with Crippen molar-refractivity contribution in [3.8, 4) is 0 Å². The van der Waals surface area contributed by atoms with Crippen molar-refractivity contribution in [3.63, 3.8) is 0 Å². The molecule has 1 amide bonds. The van der Waals surface area contributed by atoms with Crippen LogP contribution in [0.25, 0.3) is 0 Å². The number of carbonyl (C=O) groups is 1. The maximum atomic E-state index is 12.6. The Labute approximate surface area is 167 Å². The van der Waals surface area contributed by atoms with Gasteiger partial charge in [0.25, 0.3) is 0 Å². The number of benzene rings is 2. The van der Waals surface area contributed by atoms with E-state index in [0.717, 1.165) is 5.56 Å². The number of hydrogen-bond acceptors (Lipinski definition) is 3. The zero-order valence-electron chi connectivity index (χ0n) is 16.3. The van der Waals surface area contributed by atoms with Gasteiger partial charge in [-0.1, -0.05) is 67.6 Å². The van der Waals surface area contributed by atoms with Crippen molar-refractivity contribution in [3.05, 3.63) is 71.8 Å². The van der Waals surface area contributed by atoms with Gasteiger partial charge in [0.2, 0.25) is 15.9 Å². The normalized spacial score (nSPS) is 17.2. The summed E-state index contributed by atoms with van der Waals surface area (Å²) in [6, 6.07) is 19.3. The van der Waals surface area contributed by atoms with E-state index in [2.05, 4.69) is 24.4 Å². The highest BCUT2D eigenvalue weighted by molar-refractivity contribution is 7.88. The number of sulfonamides is 1. The first kappa shape index (κ1) is 20.6. The van der Waals surface area contributed by atoms with Crippen LogP contribution in [0.3, 0.4) is 0 Å². The van der Waals surface area contributed by atoms with Gasteiger partial charge in [0, 0.05) is 25.6 Å². The first-order valence-corrected chi connectivity index (χ1v) is 11.4. The van der Waals surface area contributed by atoms with Gasteiger partial charge in [-0.05, 0) is 29.9 Å². The quantitative estimate of drug-likeness (QED) is 0.776. The van der Waals surface area contributed by atoms with Crippen LogP contribution in [0.15, 0.2) is 60.7 Å². The summed E-state index contributed by atoms with van der Waals surface area (Å²) in [5.41, 5.74) is 1.99. The van der Waals surface area contributed by atoms with Gasteiger partial charge in [-0.3, -0.25) is 4.79 Å². The highest BCUT2D eigenvalue weighted by Gasteiger charge is 2.31. The largest absolute Gasteiger partial charge is 0.355 e. The van der Waals surface area contributed by atoms with E-state index < -0.39 is 10.0 Å². The van der Waals surface area contributed by atoms with Gasteiger partial charge in [0.1, 0.15) is 0 Å². The van der Waals surface area contributed by atoms with Crippen LogP contribution in [0.1, 0.15) is 36.8 Å². The molecule has 0 saturated carbocycles. The Morgan fingerprint density at radius 3 is 2.21 bits per heavy atom. The molecule has 150 valence electrons. The van der Waals surface area contributed by atoms with E-state index in [1.54, 1.807) is 0 Å². The molecule has 28 heavy (non-hydrogen) atoms. The van der Waals surface area contributed by atoms with Crippen LogP contribution in [0.2, 0.25) is 0 Å². The third-order valence-corrected chi connectivity index (χ3v) is 7.21. The molecule has 6 heteroatoms. The zero-order valence-corrected chi connectivity index (χ0v) is 17.1. The van der Waals surface area contributed by atoms with Crippen LogP contribution in [0.4, 0.5) is 0 Å². The van der Waals surface area contributed by atoms with Gasteiger partial charge in [-0.25, -0.2) is 12.7 Å². The Bertz CT molecular complexity index is 861. The lowest BCUT2D eigenvalue weighted by Gasteiger charge is -2.30. The van der Waals surface area contributed by atoms with E-state index in [-0.39, 0.29) is 23.5 Å². The first-order chi connectivity index (χ1) is 13.5. The second kappa shape index (κ2) is 9.34. The molecule has 1 aliphatic rings. The summed E-state index contributed by atoms with van der Waals surface area (Å²) in [6.45, 7) is 3.49. The molecule has 2 aromatic rings. The van der Waals surface area contributed by atoms with E-state index >= 15 is 0 Å². The fourth-order valence-electron chi connectivity index (χ4n) is 3.57. The second-order valence-corrected chi connectivity index (χ2v) is 9.44. The van der Waals surface area contributed by atoms with Crippen molar-refractivity contribution in [2.75, 3.05) is 19.6 Å². The molecule has 0 radical (unpaired) electrons. The predicted molar refractivity (Wildman–Crippen MR) is 111 cm³/mol. The van der Waals surface area contributed by atoms with Crippen LogP contribution in [0.5, 0.6) is 0 Å². The van der Waals surface area contributed by atoms with Gasteiger partial charge in [0.05, 0.1) is 5.75 Å². The molecule has 5 nitrogen and oxygen atoms in total. The summed E-state index contributed by atoms with van der Waals surface area (Å²) in [5.74, 6) is 0.171. The molecular weight excluding hydrogens is 372 g/mol. The summed E-state index contributed by atoms with van der Waals surface area (Å²) >= 11 is 0. The maximum absolute atomic E-state index is 12.6. The highest BCUT2D eigenvalue weighted by Crippen LogP contribution is 2.22. The minimum Gasteiger partial charge on any atom is -0.355 e. The minimum atomic E-state index is -3.35. The van der Waals surface area contributed by atoms with E-state index in [4.69, 9.17) is 0 Å². The molecule has 1 atom stereocenters. The van der Waals surface area contributed by atoms with Crippen LogP contribution < -0.4 is 5.32 Å². The third-order valence-electron chi connectivity index (χ3n) is 5.36. The van der Waals surface area contributed by atoms with Crippen LogP contribution in [0, 0.1) is 5.92 Å². The summed E-state index contributed by atoms with van der Waals surface area (Å²) < 4.78 is 26.8. The topological polar surface area (TPSA) is 66.5 Å². The van der Waals surface area contributed by atoms with E-state index in [1.807, 2.05) is 48.5 Å². The lowest BCUT2D eigenvalue weighted by atomic mass is 9.96. The van der Waals surface area contributed by atoms with Gasteiger partial charge >= 0.3 is 0 Å².